The normalized spacial score (nSPS) is 42.0. The zero-order valence-corrected chi connectivity index (χ0v) is 14.2. The summed E-state index contributed by atoms with van der Waals surface area (Å²) in [5, 5.41) is 34.0. The monoisotopic (exact) mass is 363 g/mol. The van der Waals surface area contributed by atoms with E-state index < -0.39 is 30.3 Å². The molecule has 2 aliphatic carbocycles. The minimum absolute atomic E-state index is 0.127. The molecule has 0 aromatic rings. The van der Waals surface area contributed by atoms with Crippen molar-refractivity contribution < 1.29 is 20.1 Å². The van der Waals surface area contributed by atoms with Gasteiger partial charge in [0.1, 0.15) is 18.3 Å². The number of aliphatic hydroxyl groups excluding tert-OH is 3. The minimum Gasteiger partial charge on any atom is -0.394 e. The number of aliphatic hydroxyl groups is 3. The number of halogens is 2. The molecule has 4 N–H and O–H groups in total. The summed E-state index contributed by atoms with van der Waals surface area (Å²) in [6.45, 7) is -0.354. The van der Waals surface area contributed by atoms with E-state index in [4.69, 9.17) is 27.9 Å². The second-order valence-corrected chi connectivity index (χ2v) is 7.37. The van der Waals surface area contributed by atoms with Gasteiger partial charge in [0.25, 0.3) is 0 Å². The summed E-state index contributed by atoms with van der Waals surface area (Å²) in [5.41, 5.74) is 0. The summed E-state index contributed by atoms with van der Waals surface area (Å²) in [7, 11) is 0. The smallest absolute Gasteiger partial charge is 0.111 e. The Morgan fingerprint density at radius 1 is 1.17 bits per heavy atom. The molecular weight excluding hydrogens is 341 g/mol. The first-order valence-corrected chi connectivity index (χ1v) is 8.90. The molecule has 1 aliphatic heterocycles. The van der Waals surface area contributed by atoms with E-state index in [1.54, 1.807) is 6.08 Å². The van der Waals surface area contributed by atoms with E-state index in [0.29, 0.717) is 16.1 Å². The summed E-state index contributed by atoms with van der Waals surface area (Å²) < 4.78 is 5.69. The van der Waals surface area contributed by atoms with Crippen LogP contribution in [0.1, 0.15) is 25.7 Å². The number of hydrogen-bond donors (Lipinski definition) is 4. The Kier molecular flexibility index (Phi) is 5.68. The lowest BCUT2D eigenvalue weighted by Crippen LogP contribution is -2.49. The lowest BCUT2D eigenvalue weighted by atomic mass is 9.85. The number of nitrogens with one attached hydrogen (secondary N) is 1. The molecule has 0 amide bonds. The fourth-order valence-corrected chi connectivity index (χ4v) is 4.32. The molecule has 0 radical (unpaired) electrons. The van der Waals surface area contributed by atoms with Gasteiger partial charge in [-0.3, -0.25) is 0 Å². The number of ether oxygens (including phenoxy) is 1. The number of hydrogen-bond acceptors (Lipinski definition) is 5. The molecule has 0 aromatic carbocycles. The predicted molar refractivity (Wildman–Crippen MR) is 88.3 cm³/mol. The zero-order valence-electron chi connectivity index (χ0n) is 12.7. The summed E-state index contributed by atoms with van der Waals surface area (Å²) in [6, 6.07) is 0.281. The fraction of sp³-hybridized carbons (Fsp3) is 0.750. The molecule has 7 heteroatoms. The van der Waals surface area contributed by atoms with Gasteiger partial charge in [-0.1, -0.05) is 42.1 Å². The Labute approximate surface area is 145 Å². The van der Waals surface area contributed by atoms with Crippen molar-refractivity contribution in [1.82, 2.24) is 5.32 Å². The third kappa shape index (κ3) is 3.47. The Balaban J connectivity index is 1.81. The molecule has 1 saturated carbocycles. The van der Waals surface area contributed by atoms with Crippen molar-refractivity contribution in [3.8, 4) is 0 Å². The van der Waals surface area contributed by atoms with Gasteiger partial charge in [0.05, 0.1) is 17.7 Å². The Bertz CT molecular complexity index is 492. The van der Waals surface area contributed by atoms with Gasteiger partial charge in [-0.2, -0.15) is 0 Å². The number of allylic oxidation sites excluding steroid dienone is 2. The summed E-state index contributed by atoms with van der Waals surface area (Å²) in [5.74, 6) is -0.393. The molecule has 130 valence electrons. The first kappa shape index (κ1) is 17.7. The van der Waals surface area contributed by atoms with Crippen LogP contribution >= 0.6 is 23.2 Å². The van der Waals surface area contributed by atoms with Gasteiger partial charge in [-0.05, 0) is 18.9 Å². The minimum atomic E-state index is -1.13. The van der Waals surface area contributed by atoms with Crippen molar-refractivity contribution in [1.29, 1.82) is 0 Å². The Morgan fingerprint density at radius 3 is 2.48 bits per heavy atom. The molecule has 0 aromatic heterocycles. The van der Waals surface area contributed by atoms with Crippen LogP contribution < -0.4 is 5.32 Å². The van der Waals surface area contributed by atoms with E-state index in [0.717, 1.165) is 12.8 Å². The largest absolute Gasteiger partial charge is 0.394 e. The summed E-state index contributed by atoms with van der Waals surface area (Å²) in [4.78, 5) is 0. The highest BCUT2D eigenvalue weighted by Crippen LogP contribution is 2.39. The lowest BCUT2D eigenvalue weighted by molar-refractivity contribution is -0.0399. The van der Waals surface area contributed by atoms with Crippen molar-refractivity contribution >= 4 is 23.2 Å². The zero-order chi connectivity index (χ0) is 16.6. The number of rotatable bonds is 4. The highest BCUT2D eigenvalue weighted by molar-refractivity contribution is 6.40. The first-order chi connectivity index (χ1) is 11.0. The van der Waals surface area contributed by atoms with Crippen LogP contribution in [0.2, 0.25) is 0 Å². The van der Waals surface area contributed by atoms with Crippen LogP contribution in [0.15, 0.2) is 22.2 Å². The predicted octanol–water partition coefficient (Wildman–Crippen LogP) is 1.24. The third-order valence-corrected chi connectivity index (χ3v) is 5.96. The van der Waals surface area contributed by atoms with E-state index in [1.807, 2.05) is 6.08 Å². The SMILES string of the molecule is OC[C@@H]1O[C@H](C2C(Cl)=C(Cl)C=CC2NC2CCCC2)[C@@H](O)[C@H]1O. The molecule has 1 heterocycles. The van der Waals surface area contributed by atoms with Crippen LogP contribution in [0.3, 0.4) is 0 Å². The van der Waals surface area contributed by atoms with Crippen molar-refractivity contribution in [3.63, 3.8) is 0 Å². The molecule has 6 atom stereocenters. The molecule has 3 rings (SSSR count). The van der Waals surface area contributed by atoms with Crippen LogP contribution in [0.25, 0.3) is 0 Å². The molecule has 0 spiro atoms. The highest BCUT2D eigenvalue weighted by atomic mass is 35.5. The second kappa shape index (κ2) is 7.40. The summed E-state index contributed by atoms with van der Waals surface area (Å²) >= 11 is 12.6. The van der Waals surface area contributed by atoms with E-state index in [9.17, 15) is 15.3 Å². The van der Waals surface area contributed by atoms with Gasteiger partial charge < -0.3 is 25.4 Å². The topological polar surface area (TPSA) is 82.0 Å². The van der Waals surface area contributed by atoms with Crippen LogP contribution in [-0.4, -0.2) is 58.4 Å². The molecule has 0 bridgehead atoms. The maximum absolute atomic E-state index is 10.3. The van der Waals surface area contributed by atoms with Crippen molar-refractivity contribution in [2.45, 2.75) is 62.2 Å². The molecule has 2 unspecified atom stereocenters. The average molecular weight is 364 g/mol. The molecule has 23 heavy (non-hydrogen) atoms. The molecule has 3 aliphatic rings. The highest BCUT2D eigenvalue weighted by Gasteiger charge is 2.49. The molecular formula is C16H23Cl2NO4. The summed E-state index contributed by atoms with van der Waals surface area (Å²) in [6.07, 6.45) is 4.56. The van der Waals surface area contributed by atoms with Crippen LogP contribution in [0, 0.1) is 5.92 Å². The van der Waals surface area contributed by atoms with Crippen molar-refractivity contribution in [2.24, 2.45) is 5.92 Å². The van der Waals surface area contributed by atoms with Crippen molar-refractivity contribution in [3.05, 3.63) is 22.2 Å². The molecule has 2 fully saturated rings. The van der Waals surface area contributed by atoms with Crippen molar-refractivity contribution in [2.75, 3.05) is 6.61 Å². The van der Waals surface area contributed by atoms with Gasteiger partial charge in [0, 0.05) is 23.0 Å². The van der Waals surface area contributed by atoms with E-state index >= 15 is 0 Å². The third-order valence-electron chi connectivity index (χ3n) is 5.07. The van der Waals surface area contributed by atoms with E-state index in [-0.39, 0.29) is 12.6 Å². The molecule has 5 nitrogen and oxygen atoms in total. The Hall–Kier alpha value is -0.140. The van der Waals surface area contributed by atoms with Gasteiger partial charge in [0.2, 0.25) is 0 Å². The standard InChI is InChI=1S/C16H23Cl2NO4/c17-9-5-6-10(19-8-3-1-2-4-8)12(13(9)18)16-15(22)14(21)11(7-20)23-16/h5-6,8,10-12,14-16,19-22H,1-4,7H2/t10?,11-,12?,14-,15-,16+/m0/s1. The lowest BCUT2D eigenvalue weighted by Gasteiger charge is -2.35. The first-order valence-electron chi connectivity index (χ1n) is 8.14. The van der Waals surface area contributed by atoms with Crippen LogP contribution in [0.4, 0.5) is 0 Å². The maximum atomic E-state index is 10.3. The van der Waals surface area contributed by atoms with Gasteiger partial charge >= 0.3 is 0 Å². The van der Waals surface area contributed by atoms with Gasteiger partial charge in [-0.15, -0.1) is 0 Å². The van der Waals surface area contributed by atoms with Crippen LogP contribution in [-0.2, 0) is 4.74 Å². The van der Waals surface area contributed by atoms with Gasteiger partial charge in [0.15, 0.2) is 0 Å². The fourth-order valence-electron chi connectivity index (χ4n) is 3.80. The van der Waals surface area contributed by atoms with E-state index in [1.165, 1.54) is 12.8 Å². The molecule has 1 saturated heterocycles. The maximum Gasteiger partial charge on any atom is 0.111 e. The Morgan fingerprint density at radius 2 is 1.87 bits per heavy atom. The van der Waals surface area contributed by atoms with Crippen LogP contribution in [0.5, 0.6) is 0 Å². The van der Waals surface area contributed by atoms with Gasteiger partial charge in [-0.25, -0.2) is 0 Å². The quantitative estimate of drug-likeness (QED) is 0.604. The second-order valence-electron chi connectivity index (χ2n) is 6.56. The average Bonchev–Trinajstić information content (AvgIpc) is 3.14. The van der Waals surface area contributed by atoms with E-state index in [2.05, 4.69) is 5.32 Å².